The number of amides is 1. The summed E-state index contributed by atoms with van der Waals surface area (Å²) in [7, 11) is 0. The highest BCUT2D eigenvalue weighted by Gasteiger charge is 2.26. The molecule has 0 spiro atoms. The SMILES string of the molecule is CCC[C@H]1CCN(C(=O)OCc2ccccc2)Cc2cc(N3CCNCC3)ccc21. The van der Waals surface area contributed by atoms with Crippen molar-refractivity contribution in [3.05, 3.63) is 65.2 Å². The van der Waals surface area contributed by atoms with Crippen LogP contribution in [0.3, 0.4) is 0 Å². The Hall–Kier alpha value is -2.53. The maximum Gasteiger partial charge on any atom is 0.410 e. The summed E-state index contributed by atoms with van der Waals surface area (Å²) in [5.74, 6) is 0.508. The number of hydrogen-bond acceptors (Lipinski definition) is 4. The van der Waals surface area contributed by atoms with E-state index in [1.54, 1.807) is 0 Å². The van der Waals surface area contributed by atoms with Crippen molar-refractivity contribution in [1.82, 2.24) is 10.2 Å². The number of hydrogen-bond donors (Lipinski definition) is 1. The predicted octanol–water partition coefficient (Wildman–Crippen LogP) is 4.52. The minimum Gasteiger partial charge on any atom is -0.445 e. The third-order valence-corrected chi connectivity index (χ3v) is 6.26. The Bertz CT molecular complexity index is 834. The van der Waals surface area contributed by atoms with Crippen LogP contribution in [0.2, 0.25) is 0 Å². The smallest absolute Gasteiger partial charge is 0.410 e. The molecule has 5 heteroatoms. The number of ether oxygens (including phenoxy) is 1. The molecule has 0 bridgehead atoms. The van der Waals surface area contributed by atoms with E-state index in [4.69, 9.17) is 4.74 Å². The largest absolute Gasteiger partial charge is 0.445 e. The first-order valence-electron chi connectivity index (χ1n) is 11.3. The van der Waals surface area contributed by atoms with Crippen molar-refractivity contribution in [2.75, 3.05) is 37.6 Å². The van der Waals surface area contributed by atoms with Gasteiger partial charge in [0.15, 0.2) is 0 Å². The number of rotatable bonds is 5. The molecule has 2 aliphatic rings. The van der Waals surface area contributed by atoms with Gasteiger partial charge in [0.2, 0.25) is 0 Å². The van der Waals surface area contributed by atoms with Gasteiger partial charge in [0, 0.05) is 45.0 Å². The van der Waals surface area contributed by atoms with Crippen molar-refractivity contribution in [2.45, 2.75) is 45.3 Å². The number of anilines is 1. The second-order valence-electron chi connectivity index (χ2n) is 8.36. The summed E-state index contributed by atoms with van der Waals surface area (Å²) >= 11 is 0. The molecule has 1 amide bonds. The minimum absolute atomic E-state index is 0.213. The van der Waals surface area contributed by atoms with E-state index in [0.717, 1.165) is 57.5 Å². The van der Waals surface area contributed by atoms with Gasteiger partial charge in [0.1, 0.15) is 6.61 Å². The van der Waals surface area contributed by atoms with Crippen molar-refractivity contribution >= 4 is 11.8 Å². The average Bonchev–Trinajstić information content (AvgIpc) is 2.98. The predicted molar refractivity (Wildman–Crippen MR) is 121 cm³/mol. The molecule has 4 rings (SSSR count). The molecule has 2 heterocycles. The Kier molecular flexibility index (Phi) is 6.90. The number of piperazine rings is 1. The number of carbonyl (C=O) groups excluding carboxylic acids is 1. The zero-order valence-electron chi connectivity index (χ0n) is 18.0. The van der Waals surface area contributed by atoms with E-state index in [0.29, 0.717) is 19.1 Å². The number of nitrogens with one attached hydrogen (secondary N) is 1. The van der Waals surface area contributed by atoms with Crippen LogP contribution in [0.25, 0.3) is 0 Å². The highest BCUT2D eigenvalue weighted by Crippen LogP contribution is 2.34. The van der Waals surface area contributed by atoms with Gasteiger partial charge in [-0.15, -0.1) is 0 Å². The first kappa shape index (κ1) is 20.7. The standard InChI is InChI=1S/C25H33N3O2/c1-2-6-21-11-14-28(25(29)30-19-20-7-4-3-5-8-20)18-22-17-23(9-10-24(21)22)27-15-12-26-13-16-27/h3-5,7-10,17,21,26H,2,6,11-16,18-19H2,1H3/t21-/m0/s1. The summed E-state index contributed by atoms with van der Waals surface area (Å²) < 4.78 is 5.65. The van der Waals surface area contributed by atoms with Crippen molar-refractivity contribution in [3.8, 4) is 0 Å². The normalized spacial score (nSPS) is 19.2. The van der Waals surface area contributed by atoms with Gasteiger partial charge in [-0.1, -0.05) is 49.7 Å². The molecular formula is C25H33N3O2. The summed E-state index contributed by atoms with van der Waals surface area (Å²) in [6, 6.07) is 16.8. The molecule has 0 saturated carbocycles. The molecule has 1 fully saturated rings. The molecule has 30 heavy (non-hydrogen) atoms. The second-order valence-corrected chi connectivity index (χ2v) is 8.36. The third-order valence-electron chi connectivity index (χ3n) is 6.26. The Morgan fingerprint density at radius 1 is 1.10 bits per heavy atom. The lowest BCUT2D eigenvalue weighted by atomic mass is 9.89. The van der Waals surface area contributed by atoms with Gasteiger partial charge in [0.25, 0.3) is 0 Å². The molecule has 0 aromatic heterocycles. The maximum absolute atomic E-state index is 12.9. The summed E-state index contributed by atoms with van der Waals surface area (Å²) in [4.78, 5) is 17.2. The molecular weight excluding hydrogens is 374 g/mol. The van der Waals surface area contributed by atoms with E-state index in [1.807, 2.05) is 35.2 Å². The second kappa shape index (κ2) is 9.98. The highest BCUT2D eigenvalue weighted by atomic mass is 16.6. The monoisotopic (exact) mass is 407 g/mol. The molecule has 1 saturated heterocycles. The molecule has 2 aliphatic heterocycles. The first-order valence-corrected chi connectivity index (χ1v) is 11.3. The van der Waals surface area contributed by atoms with Crippen LogP contribution in [-0.4, -0.2) is 43.7 Å². The molecule has 2 aromatic rings. The van der Waals surface area contributed by atoms with E-state index >= 15 is 0 Å². The first-order chi connectivity index (χ1) is 14.7. The quantitative estimate of drug-likeness (QED) is 0.791. The number of nitrogens with zero attached hydrogens (tertiary/aromatic N) is 2. The maximum atomic E-state index is 12.9. The molecule has 5 nitrogen and oxygen atoms in total. The zero-order chi connectivity index (χ0) is 20.8. The Morgan fingerprint density at radius 3 is 2.67 bits per heavy atom. The van der Waals surface area contributed by atoms with Crippen LogP contribution >= 0.6 is 0 Å². The fourth-order valence-electron chi connectivity index (χ4n) is 4.61. The lowest BCUT2D eigenvalue weighted by molar-refractivity contribution is 0.0937. The Morgan fingerprint density at radius 2 is 1.90 bits per heavy atom. The molecule has 160 valence electrons. The van der Waals surface area contributed by atoms with Crippen LogP contribution in [0.1, 0.15) is 48.8 Å². The topological polar surface area (TPSA) is 44.8 Å². The van der Waals surface area contributed by atoms with Gasteiger partial charge in [-0.2, -0.15) is 0 Å². The van der Waals surface area contributed by atoms with Gasteiger partial charge in [-0.05, 0) is 47.6 Å². The van der Waals surface area contributed by atoms with Gasteiger partial charge >= 0.3 is 6.09 Å². The van der Waals surface area contributed by atoms with Crippen LogP contribution < -0.4 is 10.2 Å². The number of benzene rings is 2. The van der Waals surface area contributed by atoms with Crippen LogP contribution in [-0.2, 0) is 17.9 Å². The fraction of sp³-hybridized carbons (Fsp3) is 0.480. The van der Waals surface area contributed by atoms with Crippen LogP contribution in [0.5, 0.6) is 0 Å². The van der Waals surface area contributed by atoms with E-state index < -0.39 is 0 Å². The van der Waals surface area contributed by atoms with Crippen LogP contribution in [0, 0.1) is 0 Å². The van der Waals surface area contributed by atoms with Crippen molar-refractivity contribution in [1.29, 1.82) is 0 Å². The van der Waals surface area contributed by atoms with E-state index in [2.05, 4.69) is 35.3 Å². The minimum atomic E-state index is -0.213. The van der Waals surface area contributed by atoms with E-state index in [1.165, 1.54) is 16.8 Å². The van der Waals surface area contributed by atoms with Gasteiger partial charge in [-0.25, -0.2) is 4.79 Å². The zero-order valence-corrected chi connectivity index (χ0v) is 18.0. The highest BCUT2D eigenvalue weighted by molar-refractivity contribution is 5.68. The summed E-state index contributed by atoms with van der Waals surface area (Å²) in [6.45, 7) is 8.04. The fourth-order valence-corrected chi connectivity index (χ4v) is 4.61. The Balaban J connectivity index is 1.51. The lowest BCUT2D eigenvalue weighted by Gasteiger charge is -2.30. The van der Waals surface area contributed by atoms with Gasteiger partial charge in [-0.3, -0.25) is 0 Å². The average molecular weight is 408 g/mol. The van der Waals surface area contributed by atoms with E-state index in [9.17, 15) is 4.79 Å². The van der Waals surface area contributed by atoms with E-state index in [-0.39, 0.29) is 6.09 Å². The molecule has 0 radical (unpaired) electrons. The number of carbonyl (C=O) groups is 1. The molecule has 0 unspecified atom stereocenters. The Labute approximate surface area is 180 Å². The lowest BCUT2D eigenvalue weighted by Crippen LogP contribution is -2.43. The molecule has 1 atom stereocenters. The summed E-state index contributed by atoms with van der Waals surface area (Å²) in [5.41, 5.74) is 4.98. The summed E-state index contributed by atoms with van der Waals surface area (Å²) in [5, 5.41) is 3.42. The third kappa shape index (κ3) is 4.96. The summed E-state index contributed by atoms with van der Waals surface area (Å²) in [6.07, 6.45) is 3.10. The van der Waals surface area contributed by atoms with Crippen LogP contribution in [0.15, 0.2) is 48.5 Å². The molecule has 1 N–H and O–H groups in total. The van der Waals surface area contributed by atoms with Crippen molar-refractivity contribution in [3.63, 3.8) is 0 Å². The molecule has 2 aromatic carbocycles. The van der Waals surface area contributed by atoms with Gasteiger partial charge < -0.3 is 19.9 Å². The van der Waals surface area contributed by atoms with Crippen LogP contribution in [0.4, 0.5) is 10.5 Å². The van der Waals surface area contributed by atoms with Crippen molar-refractivity contribution in [2.24, 2.45) is 0 Å². The molecule has 0 aliphatic carbocycles. The van der Waals surface area contributed by atoms with Crippen molar-refractivity contribution < 1.29 is 9.53 Å². The van der Waals surface area contributed by atoms with Gasteiger partial charge in [0.05, 0.1) is 0 Å². The number of fused-ring (bicyclic) bond motifs is 1.